The Morgan fingerprint density at radius 1 is 0.692 bits per heavy atom. The van der Waals surface area contributed by atoms with Gasteiger partial charge in [0, 0.05) is 0 Å². The predicted octanol–water partition coefficient (Wildman–Crippen LogP) is 5.69. The Hall–Kier alpha value is -0.260. The average Bonchev–Trinajstić information content (AvgIpc) is 1.90. The van der Waals surface area contributed by atoms with Crippen molar-refractivity contribution >= 4 is 0 Å². The third-order valence-corrected chi connectivity index (χ3v) is 0. The maximum Gasteiger partial charge on any atom is -0.0411 e. The van der Waals surface area contributed by atoms with Crippen molar-refractivity contribution in [2.45, 2.75) is 68.2 Å². The molecular weight excluding hydrogens is 156 g/mol. The van der Waals surface area contributed by atoms with Gasteiger partial charge in [0.1, 0.15) is 0 Å². The predicted molar refractivity (Wildman–Crippen MR) is 68.3 cm³/mol. The topological polar surface area (TPSA) is 0 Å². The second-order valence-corrected chi connectivity index (χ2v) is 4.41. The summed E-state index contributed by atoms with van der Waals surface area (Å²) in [6.45, 7) is 23.2. The van der Waals surface area contributed by atoms with E-state index in [-0.39, 0.29) is 0 Å². The molecule has 0 aromatic heterocycles. The van der Waals surface area contributed by atoms with E-state index in [0.717, 1.165) is 0 Å². The van der Waals surface area contributed by atoms with Gasteiger partial charge in [-0.1, -0.05) is 68.2 Å². The molecule has 84 valence electrons. The first-order chi connectivity index (χ1) is 5.83. The van der Waals surface area contributed by atoms with E-state index in [1.54, 1.807) is 0 Å². The zero-order valence-corrected chi connectivity index (χ0v) is 11.3. The molecule has 0 heteroatoms. The molecule has 0 atom stereocenters. The van der Waals surface area contributed by atoms with Gasteiger partial charge < -0.3 is 0 Å². The summed E-state index contributed by atoms with van der Waals surface area (Å²) in [5.41, 5.74) is 0.500. The van der Waals surface area contributed by atoms with Crippen LogP contribution in [-0.2, 0) is 0 Å². The molecule has 13 heavy (non-hydrogen) atoms. The highest BCUT2D eigenvalue weighted by atomic mass is 14.0. The van der Waals surface area contributed by atoms with Crippen molar-refractivity contribution in [3.63, 3.8) is 0 Å². The fourth-order valence-corrected chi connectivity index (χ4v) is 0. The molecule has 0 aliphatic heterocycles. The lowest BCUT2D eigenvalue weighted by atomic mass is 10.0. The maximum atomic E-state index is 3.00. The Bertz CT molecular complexity index is 39.5. The minimum atomic E-state index is 0.500. The first kappa shape index (κ1) is 23.0. The first-order valence-electron chi connectivity index (χ1n) is 5.33. The number of hydrogen-bond donors (Lipinski definition) is 0. The maximum absolute atomic E-state index is 3.00. The summed E-state index contributed by atoms with van der Waals surface area (Å²) >= 11 is 0. The Morgan fingerprint density at radius 3 is 0.692 bits per heavy atom. The van der Waals surface area contributed by atoms with E-state index in [1.807, 2.05) is 0 Å². The van der Waals surface area contributed by atoms with Crippen LogP contribution in [0.5, 0.6) is 0 Å². The van der Waals surface area contributed by atoms with Crippen molar-refractivity contribution in [1.82, 2.24) is 0 Å². The first-order valence-corrected chi connectivity index (χ1v) is 5.33. The molecule has 0 spiro atoms. The molecule has 0 aromatic rings. The van der Waals surface area contributed by atoms with Crippen LogP contribution < -0.4 is 0 Å². The molecule has 0 aromatic carbocycles. The summed E-state index contributed by atoms with van der Waals surface area (Å²) in [7, 11) is 0. The summed E-state index contributed by atoms with van der Waals surface area (Å²) in [6, 6.07) is 0. The van der Waals surface area contributed by atoms with Crippen LogP contribution in [0.1, 0.15) is 68.2 Å². The Kier molecular flexibility index (Phi) is 40.0. The highest BCUT2D eigenvalue weighted by Crippen LogP contribution is 2.07. The lowest BCUT2D eigenvalue weighted by Crippen LogP contribution is -1.93. The van der Waals surface area contributed by atoms with Gasteiger partial charge in [-0.25, -0.2) is 0 Å². The zero-order chi connectivity index (χ0) is 11.9. The van der Waals surface area contributed by atoms with Gasteiger partial charge in [-0.2, -0.15) is 0 Å². The normalized spacial score (nSPS) is 7.69. The fourth-order valence-electron chi connectivity index (χ4n) is 0. The SMILES string of the molecule is C=C.CC(C)(C)C.CCC.CCC. The quantitative estimate of drug-likeness (QED) is 0.429. The molecule has 0 fully saturated rings. The molecule has 0 amide bonds. The molecule has 0 aliphatic rings. The van der Waals surface area contributed by atoms with Gasteiger partial charge in [-0.3, -0.25) is 0 Å². The molecule has 0 aliphatic carbocycles. The summed E-state index contributed by atoms with van der Waals surface area (Å²) in [5, 5.41) is 0. The van der Waals surface area contributed by atoms with Crippen LogP contribution in [0.2, 0.25) is 0 Å². The molecule has 0 rings (SSSR count). The zero-order valence-electron chi connectivity index (χ0n) is 11.3. The van der Waals surface area contributed by atoms with E-state index in [0.29, 0.717) is 5.41 Å². The summed E-state index contributed by atoms with van der Waals surface area (Å²) in [4.78, 5) is 0. The van der Waals surface area contributed by atoms with E-state index >= 15 is 0 Å². The molecule has 0 radical (unpaired) electrons. The van der Waals surface area contributed by atoms with Gasteiger partial charge in [0.15, 0.2) is 0 Å². The van der Waals surface area contributed by atoms with Crippen molar-refractivity contribution in [2.24, 2.45) is 5.41 Å². The van der Waals surface area contributed by atoms with Crippen molar-refractivity contribution in [2.75, 3.05) is 0 Å². The number of rotatable bonds is 0. The van der Waals surface area contributed by atoms with Crippen LogP contribution in [0.25, 0.3) is 0 Å². The molecule has 0 N–H and O–H groups in total. The highest BCUT2D eigenvalue weighted by Gasteiger charge is 1.95. The second-order valence-electron chi connectivity index (χ2n) is 4.41. The molecule has 0 nitrogen and oxygen atoms in total. The van der Waals surface area contributed by atoms with Crippen LogP contribution in [0.4, 0.5) is 0 Å². The second kappa shape index (κ2) is 22.6. The van der Waals surface area contributed by atoms with Gasteiger partial charge in [0.25, 0.3) is 0 Å². The summed E-state index contributed by atoms with van der Waals surface area (Å²) in [6.07, 6.45) is 2.50. The van der Waals surface area contributed by atoms with Crippen molar-refractivity contribution < 1.29 is 0 Å². The van der Waals surface area contributed by atoms with E-state index in [9.17, 15) is 0 Å². The summed E-state index contributed by atoms with van der Waals surface area (Å²) < 4.78 is 0. The van der Waals surface area contributed by atoms with Gasteiger partial charge in [-0.05, 0) is 5.41 Å². The van der Waals surface area contributed by atoms with Gasteiger partial charge in [-0.15, -0.1) is 13.2 Å². The summed E-state index contributed by atoms with van der Waals surface area (Å²) in [5.74, 6) is 0. The van der Waals surface area contributed by atoms with Crippen molar-refractivity contribution in [3.05, 3.63) is 13.2 Å². The van der Waals surface area contributed by atoms with Crippen molar-refractivity contribution in [1.29, 1.82) is 0 Å². The van der Waals surface area contributed by atoms with E-state index in [2.05, 4.69) is 68.5 Å². The molecular formula is C13H32. The molecule has 0 bridgehead atoms. The monoisotopic (exact) mass is 188 g/mol. The third-order valence-electron chi connectivity index (χ3n) is 0. The van der Waals surface area contributed by atoms with Crippen molar-refractivity contribution in [3.8, 4) is 0 Å². The van der Waals surface area contributed by atoms with E-state index in [1.165, 1.54) is 12.8 Å². The Balaban J connectivity index is -0.0000000446. The van der Waals surface area contributed by atoms with Crippen LogP contribution in [0.3, 0.4) is 0 Å². The van der Waals surface area contributed by atoms with Gasteiger partial charge >= 0.3 is 0 Å². The standard InChI is InChI=1S/C5H12.2C3H8.C2H4/c1-5(2,3)4;2*1-3-2;1-2/h1-4H3;2*3H2,1-2H3;1-2H2. The van der Waals surface area contributed by atoms with Crippen LogP contribution >= 0.6 is 0 Å². The third kappa shape index (κ3) is 16500. The smallest absolute Gasteiger partial charge is 0.0411 e. The molecule has 0 unspecified atom stereocenters. The molecule has 0 heterocycles. The minimum Gasteiger partial charge on any atom is -0.106 e. The lowest BCUT2D eigenvalue weighted by molar-refractivity contribution is 0.469. The van der Waals surface area contributed by atoms with Crippen LogP contribution in [0.15, 0.2) is 13.2 Å². The molecule has 0 saturated heterocycles. The van der Waals surface area contributed by atoms with Gasteiger partial charge in [0.2, 0.25) is 0 Å². The van der Waals surface area contributed by atoms with E-state index in [4.69, 9.17) is 0 Å². The Labute approximate surface area is 87.4 Å². The fraction of sp³-hybridized carbons (Fsp3) is 0.846. The largest absolute Gasteiger partial charge is 0.106 e. The van der Waals surface area contributed by atoms with Crippen LogP contribution in [-0.4, -0.2) is 0 Å². The average molecular weight is 188 g/mol. The van der Waals surface area contributed by atoms with Gasteiger partial charge in [0.05, 0.1) is 0 Å². The minimum absolute atomic E-state index is 0.500. The Morgan fingerprint density at radius 2 is 0.692 bits per heavy atom. The number of hydrogen-bond acceptors (Lipinski definition) is 0. The van der Waals surface area contributed by atoms with Crippen LogP contribution in [0, 0.1) is 5.41 Å². The molecule has 0 saturated carbocycles. The highest BCUT2D eigenvalue weighted by molar-refractivity contribution is 4.47. The van der Waals surface area contributed by atoms with E-state index < -0.39 is 0 Å². The lowest BCUT2D eigenvalue weighted by Gasteiger charge is -2.05.